The summed E-state index contributed by atoms with van der Waals surface area (Å²) in [6, 6.07) is 17.3. The van der Waals surface area contributed by atoms with Gasteiger partial charge in [0.25, 0.3) is 11.5 Å². The SMILES string of the molecule is CCCCN(C(=O)c1ccco1)C(CC)c1nc2ccccc2c(=O)n1-c1cccc(Cl)c1. The van der Waals surface area contributed by atoms with Crippen molar-refractivity contribution >= 4 is 28.4 Å². The van der Waals surface area contributed by atoms with E-state index < -0.39 is 6.04 Å². The van der Waals surface area contributed by atoms with E-state index in [1.807, 2.05) is 31.2 Å². The van der Waals surface area contributed by atoms with Gasteiger partial charge >= 0.3 is 0 Å². The molecule has 2 aromatic heterocycles. The van der Waals surface area contributed by atoms with Crippen LogP contribution in [0.5, 0.6) is 0 Å². The zero-order valence-electron chi connectivity index (χ0n) is 18.7. The summed E-state index contributed by atoms with van der Waals surface area (Å²) in [4.78, 5) is 33.8. The van der Waals surface area contributed by atoms with E-state index in [1.165, 1.54) is 6.26 Å². The summed E-state index contributed by atoms with van der Waals surface area (Å²) < 4.78 is 6.99. The van der Waals surface area contributed by atoms with Crippen molar-refractivity contribution < 1.29 is 9.21 Å². The molecular formula is C26H26ClN3O3. The molecule has 0 aliphatic rings. The van der Waals surface area contributed by atoms with Gasteiger partial charge in [-0.15, -0.1) is 0 Å². The first-order chi connectivity index (χ1) is 16.0. The Bertz CT molecular complexity index is 1310. The van der Waals surface area contributed by atoms with Gasteiger partial charge in [0, 0.05) is 11.6 Å². The predicted octanol–water partition coefficient (Wildman–Crippen LogP) is 6.03. The molecule has 0 aliphatic carbocycles. The number of para-hydroxylation sites is 1. The van der Waals surface area contributed by atoms with E-state index in [1.54, 1.807) is 45.9 Å². The Balaban J connectivity index is 1.95. The molecular weight excluding hydrogens is 438 g/mol. The first-order valence-corrected chi connectivity index (χ1v) is 11.5. The number of unbranched alkanes of at least 4 members (excludes halogenated alkanes) is 1. The maximum atomic E-state index is 13.7. The molecule has 0 bridgehead atoms. The Morgan fingerprint density at radius 1 is 1.12 bits per heavy atom. The molecule has 7 heteroatoms. The summed E-state index contributed by atoms with van der Waals surface area (Å²) in [6.45, 7) is 4.59. The topological polar surface area (TPSA) is 68.3 Å². The van der Waals surface area contributed by atoms with Crippen molar-refractivity contribution in [2.45, 2.75) is 39.2 Å². The molecule has 0 saturated heterocycles. The lowest BCUT2D eigenvalue weighted by Gasteiger charge is -2.32. The van der Waals surface area contributed by atoms with Gasteiger partial charge in [-0.25, -0.2) is 4.98 Å². The van der Waals surface area contributed by atoms with E-state index >= 15 is 0 Å². The highest BCUT2D eigenvalue weighted by atomic mass is 35.5. The van der Waals surface area contributed by atoms with Crippen molar-refractivity contribution in [3.05, 3.63) is 93.9 Å². The second-order valence-electron chi connectivity index (χ2n) is 7.86. The molecule has 0 N–H and O–H groups in total. The number of furan rings is 1. The number of carbonyl (C=O) groups excluding carboxylic acids is 1. The molecule has 0 aliphatic heterocycles. The smallest absolute Gasteiger partial charge is 0.290 e. The molecule has 1 amide bonds. The summed E-state index contributed by atoms with van der Waals surface area (Å²) in [5.74, 6) is 0.543. The normalized spacial score (nSPS) is 12.1. The first-order valence-electron chi connectivity index (χ1n) is 11.2. The lowest BCUT2D eigenvalue weighted by Crippen LogP contribution is -2.39. The number of rotatable bonds is 8. The highest BCUT2D eigenvalue weighted by Gasteiger charge is 2.30. The van der Waals surface area contributed by atoms with Gasteiger partial charge in [0.15, 0.2) is 5.76 Å². The van der Waals surface area contributed by atoms with Crippen LogP contribution < -0.4 is 5.56 Å². The Morgan fingerprint density at radius 3 is 2.64 bits per heavy atom. The summed E-state index contributed by atoms with van der Waals surface area (Å²) >= 11 is 6.27. The highest BCUT2D eigenvalue weighted by molar-refractivity contribution is 6.30. The minimum absolute atomic E-state index is 0.197. The molecule has 0 fully saturated rings. The van der Waals surface area contributed by atoms with Crippen LogP contribution in [0.2, 0.25) is 5.02 Å². The van der Waals surface area contributed by atoms with Gasteiger partial charge in [-0.1, -0.05) is 50.1 Å². The Hall–Kier alpha value is -3.38. The zero-order valence-corrected chi connectivity index (χ0v) is 19.5. The lowest BCUT2D eigenvalue weighted by molar-refractivity contribution is 0.0623. The number of nitrogens with zero attached hydrogens (tertiary/aromatic N) is 3. The maximum Gasteiger partial charge on any atom is 0.290 e. The minimum atomic E-state index is -0.439. The number of hydrogen-bond donors (Lipinski definition) is 0. The maximum absolute atomic E-state index is 13.7. The second-order valence-corrected chi connectivity index (χ2v) is 8.30. The molecule has 2 aromatic carbocycles. The quantitative estimate of drug-likeness (QED) is 0.320. The number of carbonyl (C=O) groups is 1. The van der Waals surface area contributed by atoms with Crippen molar-refractivity contribution in [3.8, 4) is 5.69 Å². The Labute approximate surface area is 197 Å². The molecule has 0 saturated carbocycles. The van der Waals surface area contributed by atoms with Crippen LogP contribution in [0.15, 0.2) is 76.1 Å². The highest BCUT2D eigenvalue weighted by Crippen LogP contribution is 2.28. The third kappa shape index (κ3) is 4.57. The lowest BCUT2D eigenvalue weighted by atomic mass is 10.1. The molecule has 2 heterocycles. The molecule has 33 heavy (non-hydrogen) atoms. The Morgan fingerprint density at radius 2 is 1.94 bits per heavy atom. The van der Waals surface area contributed by atoms with Crippen LogP contribution in [0, 0.1) is 0 Å². The van der Waals surface area contributed by atoms with Crippen molar-refractivity contribution in [3.63, 3.8) is 0 Å². The number of benzene rings is 2. The van der Waals surface area contributed by atoms with Crippen LogP contribution >= 0.6 is 11.6 Å². The van der Waals surface area contributed by atoms with Crippen molar-refractivity contribution in [2.75, 3.05) is 6.54 Å². The monoisotopic (exact) mass is 463 g/mol. The molecule has 170 valence electrons. The van der Waals surface area contributed by atoms with Crippen molar-refractivity contribution in [1.82, 2.24) is 14.5 Å². The summed E-state index contributed by atoms with van der Waals surface area (Å²) in [5.41, 5.74) is 1.01. The van der Waals surface area contributed by atoms with Crippen LogP contribution in [0.3, 0.4) is 0 Å². The van der Waals surface area contributed by atoms with E-state index in [4.69, 9.17) is 21.0 Å². The molecule has 4 rings (SSSR count). The van der Waals surface area contributed by atoms with Gasteiger partial charge in [0.05, 0.1) is 28.9 Å². The zero-order chi connectivity index (χ0) is 23.4. The number of aromatic nitrogens is 2. The van der Waals surface area contributed by atoms with Crippen LogP contribution in [0.1, 0.15) is 55.5 Å². The van der Waals surface area contributed by atoms with Crippen molar-refractivity contribution in [1.29, 1.82) is 0 Å². The number of amides is 1. The van der Waals surface area contributed by atoms with Crippen LogP contribution in [-0.2, 0) is 0 Å². The summed E-state index contributed by atoms with van der Waals surface area (Å²) in [6.07, 6.45) is 3.80. The molecule has 1 atom stereocenters. The van der Waals surface area contributed by atoms with Crippen LogP contribution in [-0.4, -0.2) is 26.9 Å². The molecule has 0 spiro atoms. The van der Waals surface area contributed by atoms with Gasteiger partial charge in [-0.05, 0) is 55.3 Å². The fourth-order valence-electron chi connectivity index (χ4n) is 4.05. The first kappa shape index (κ1) is 22.8. The van der Waals surface area contributed by atoms with Crippen molar-refractivity contribution in [2.24, 2.45) is 0 Å². The predicted molar refractivity (Wildman–Crippen MR) is 130 cm³/mol. The van der Waals surface area contributed by atoms with Gasteiger partial charge in [-0.2, -0.15) is 0 Å². The second kappa shape index (κ2) is 10.0. The molecule has 0 radical (unpaired) electrons. The molecule has 1 unspecified atom stereocenters. The molecule has 4 aromatic rings. The number of hydrogen-bond acceptors (Lipinski definition) is 4. The number of halogens is 1. The van der Waals surface area contributed by atoms with E-state index in [0.29, 0.717) is 40.4 Å². The largest absolute Gasteiger partial charge is 0.459 e. The third-order valence-corrected chi connectivity index (χ3v) is 5.91. The average Bonchev–Trinajstić information content (AvgIpc) is 3.36. The van der Waals surface area contributed by atoms with E-state index in [0.717, 1.165) is 12.8 Å². The van der Waals surface area contributed by atoms with Crippen LogP contribution in [0.25, 0.3) is 16.6 Å². The fourth-order valence-corrected chi connectivity index (χ4v) is 4.23. The standard InChI is InChI=1S/C26H26ClN3O3/c1-3-5-15-29(26(32)23-14-9-16-33-23)22(4-2)24-28-21-13-7-6-12-20(21)25(31)30(24)19-11-8-10-18(27)17-19/h6-14,16-17,22H,3-5,15H2,1-2H3. The van der Waals surface area contributed by atoms with Gasteiger partial charge < -0.3 is 9.32 Å². The van der Waals surface area contributed by atoms with E-state index in [9.17, 15) is 9.59 Å². The summed E-state index contributed by atoms with van der Waals surface area (Å²) in [7, 11) is 0. The van der Waals surface area contributed by atoms with E-state index in [-0.39, 0.29) is 17.2 Å². The Kier molecular flexibility index (Phi) is 6.94. The van der Waals surface area contributed by atoms with Gasteiger partial charge in [-0.3, -0.25) is 14.2 Å². The van der Waals surface area contributed by atoms with Crippen LogP contribution in [0.4, 0.5) is 0 Å². The van der Waals surface area contributed by atoms with Gasteiger partial charge in [0.1, 0.15) is 5.82 Å². The average molecular weight is 464 g/mol. The molecule has 6 nitrogen and oxygen atoms in total. The minimum Gasteiger partial charge on any atom is -0.459 e. The third-order valence-electron chi connectivity index (χ3n) is 5.67. The van der Waals surface area contributed by atoms with Gasteiger partial charge in [0.2, 0.25) is 0 Å². The van der Waals surface area contributed by atoms with E-state index in [2.05, 4.69) is 6.92 Å². The number of fused-ring (bicyclic) bond motifs is 1. The summed E-state index contributed by atoms with van der Waals surface area (Å²) in [5, 5.41) is 1.02. The fraction of sp³-hybridized carbons (Fsp3) is 0.269.